The number of hydrogen-bond acceptors (Lipinski definition) is 3. The van der Waals surface area contributed by atoms with E-state index in [0.717, 1.165) is 56.2 Å². The van der Waals surface area contributed by atoms with E-state index in [4.69, 9.17) is 0 Å². The number of hydrogen-bond donors (Lipinski definition) is 2. The first-order valence-corrected chi connectivity index (χ1v) is 9.07. The van der Waals surface area contributed by atoms with E-state index in [2.05, 4.69) is 39.2 Å². The van der Waals surface area contributed by atoms with Gasteiger partial charge in [0, 0.05) is 57.2 Å². The predicted octanol–water partition coefficient (Wildman–Crippen LogP) is 2.21. The van der Waals surface area contributed by atoms with Crippen molar-refractivity contribution in [2.75, 3.05) is 39.3 Å². The average molecular weight is 377 g/mol. The molecule has 26 heavy (non-hydrogen) atoms. The van der Waals surface area contributed by atoms with Gasteiger partial charge in [0.05, 0.1) is 5.56 Å². The molecule has 0 spiro atoms. The number of benzene rings is 1. The molecule has 1 aromatic carbocycles. The molecule has 1 saturated heterocycles. The van der Waals surface area contributed by atoms with Crippen LogP contribution in [-0.4, -0.2) is 54.6 Å². The number of halogens is 1. The lowest BCUT2D eigenvalue weighted by atomic mass is 10.2. The van der Waals surface area contributed by atoms with E-state index >= 15 is 0 Å². The van der Waals surface area contributed by atoms with Crippen molar-refractivity contribution in [2.45, 2.75) is 20.4 Å². The van der Waals surface area contributed by atoms with Crippen molar-refractivity contribution in [1.82, 2.24) is 20.1 Å². The maximum atomic E-state index is 12.6. The maximum Gasteiger partial charge on any atom is 0.253 e. The van der Waals surface area contributed by atoms with E-state index in [1.807, 2.05) is 31.2 Å². The minimum Gasteiger partial charge on any atom is -0.351 e. The van der Waals surface area contributed by atoms with Gasteiger partial charge in [-0.2, -0.15) is 0 Å². The fourth-order valence-corrected chi connectivity index (χ4v) is 3.40. The van der Waals surface area contributed by atoms with Gasteiger partial charge in [-0.05, 0) is 25.5 Å². The fraction of sp³-hybridized carbons (Fsp3) is 0.450. The number of carbonyl (C=O) groups is 1. The minimum atomic E-state index is 0. The molecule has 1 amide bonds. The third kappa shape index (κ3) is 5.10. The summed E-state index contributed by atoms with van der Waals surface area (Å²) >= 11 is 0. The van der Waals surface area contributed by atoms with Gasteiger partial charge in [0.1, 0.15) is 0 Å². The third-order valence-corrected chi connectivity index (χ3v) is 4.92. The van der Waals surface area contributed by atoms with Crippen LogP contribution in [0.15, 0.2) is 36.4 Å². The minimum absolute atomic E-state index is 0. The van der Waals surface area contributed by atoms with Crippen molar-refractivity contribution in [2.24, 2.45) is 0 Å². The summed E-state index contributed by atoms with van der Waals surface area (Å²) in [5.41, 5.74) is 4.18. The Morgan fingerprint density at radius 2 is 1.85 bits per heavy atom. The van der Waals surface area contributed by atoms with E-state index in [1.165, 1.54) is 5.56 Å². The number of nitrogens with one attached hydrogen (secondary N) is 2. The number of aryl methyl sites for hydroxylation is 1. The molecule has 3 rings (SSSR count). The lowest BCUT2D eigenvalue weighted by Gasteiger charge is -2.27. The molecule has 0 saturated carbocycles. The highest BCUT2D eigenvalue weighted by molar-refractivity contribution is 5.95. The monoisotopic (exact) mass is 376 g/mol. The topological polar surface area (TPSA) is 49.3 Å². The van der Waals surface area contributed by atoms with Gasteiger partial charge in [0.2, 0.25) is 0 Å². The molecule has 1 fully saturated rings. The van der Waals surface area contributed by atoms with Gasteiger partial charge >= 0.3 is 0 Å². The summed E-state index contributed by atoms with van der Waals surface area (Å²) in [6.45, 7) is 10.7. The van der Waals surface area contributed by atoms with Gasteiger partial charge in [-0.3, -0.25) is 9.69 Å². The quantitative estimate of drug-likeness (QED) is 0.812. The Morgan fingerprint density at radius 1 is 1.15 bits per heavy atom. The summed E-state index contributed by atoms with van der Waals surface area (Å²) in [6.07, 6.45) is 0. The first kappa shape index (κ1) is 20.5. The summed E-state index contributed by atoms with van der Waals surface area (Å²) in [5.74, 6) is 0.0301. The Labute approximate surface area is 162 Å². The van der Waals surface area contributed by atoms with E-state index in [9.17, 15) is 4.79 Å². The van der Waals surface area contributed by atoms with Crippen molar-refractivity contribution >= 4 is 18.3 Å². The summed E-state index contributed by atoms with van der Waals surface area (Å²) in [5, 5.41) is 6.42. The van der Waals surface area contributed by atoms with E-state index in [-0.39, 0.29) is 18.3 Å². The number of aromatic nitrogens is 1. The molecule has 0 radical (unpaired) electrons. The standard InChI is InChI=1S/C20H28N4O.ClH/c1-16-14-19(17(2)24(16)15-18-6-4-3-5-7-18)20(25)22-10-13-23-11-8-21-9-12-23;/h3-7,14,21H,8-13,15H2,1-2H3,(H,22,25);1H. The Bertz CT molecular complexity index is 708. The first-order valence-electron chi connectivity index (χ1n) is 9.07. The largest absolute Gasteiger partial charge is 0.351 e. The molecule has 2 N–H and O–H groups in total. The summed E-state index contributed by atoms with van der Waals surface area (Å²) in [7, 11) is 0. The lowest BCUT2D eigenvalue weighted by molar-refractivity contribution is 0.0946. The zero-order valence-corrected chi connectivity index (χ0v) is 16.4. The Morgan fingerprint density at radius 3 is 2.54 bits per heavy atom. The zero-order chi connectivity index (χ0) is 17.6. The smallest absolute Gasteiger partial charge is 0.253 e. The SMILES string of the molecule is Cc1cc(C(=O)NCCN2CCNCC2)c(C)n1Cc1ccccc1.Cl. The van der Waals surface area contributed by atoms with E-state index in [0.29, 0.717) is 6.54 Å². The summed E-state index contributed by atoms with van der Waals surface area (Å²) in [6, 6.07) is 12.4. The van der Waals surface area contributed by atoms with Crippen molar-refractivity contribution < 1.29 is 4.79 Å². The highest BCUT2D eigenvalue weighted by atomic mass is 35.5. The van der Waals surface area contributed by atoms with Crippen LogP contribution >= 0.6 is 12.4 Å². The Kier molecular flexibility index (Phi) is 7.69. The van der Waals surface area contributed by atoms with Crippen molar-refractivity contribution in [3.63, 3.8) is 0 Å². The summed E-state index contributed by atoms with van der Waals surface area (Å²) in [4.78, 5) is 15.0. The molecule has 1 aromatic heterocycles. The number of piperazine rings is 1. The Balaban J connectivity index is 0.00000243. The van der Waals surface area contributed by atoms with Gasteiger partial charge < -0.3 is 15.2 Å². The van der Waals surface area contributed by atoms with Crippen LogP contribution in [0.4, 0.5) is 0 Å². The zero-order valence-electron chi connectivity index (χ0n) is 15.6. The lowest BCUT2D eigenvalue weighted by Crippen LogP contribution is -2.46. The van der Waals surface area contributed by atoms with Crippen molar-refractivity contribution in [3.05, 3.63) is 58.9 Å². The van der Waals surface area contributed by atoms with Gasteiger partial charge in [0.15, 0.2) is 0 Å². The van der Waals surface area contributed by atoms with Crippen molar-refractivity contribution in [1.29, 1.82) is 0 Å². The van der Waals surface area contributed by atoms with Gasteiger partial charge in [-0.25, -0.2) is 0 Å². The molecule has 5 nitrogen and oxygen atoms in total. The van der Waals surface area contributed by atoms with E-state index < -0.39 is 0 Å². The van der Waals surface area contributed by atoms with Gasteiger partial charge in [-0.15, -0.1) is 12.4 Å². The highest BCUT2D eigenvalue weighted by Crippen LogP contribution is 2.17. The normalized spacial score (nSPS) is 14.7. The van der Waals surface area contributed by atoms with Crippen LogP contribution in [-0.2, 0) is 6.54 Å². The molecule has 142 valence electrons. The third-order valence-electron chi connectivity index (χ3n) is 4.92. The Hall–Kier alpha value is -1.82. The molecule has 1 aliphatic heterocycles. The van der Waals surface area contributed by atoms with E-state index in [1.54, 1.807) is 0 Å². The molecule has 2 heterocycles. The average Bonchev–Trinajstić information content (AvgIpc) is 2.92. The molecule has 0 aliphatic carbocycles. The number of amides is 1. The van der Waals surface area contributed by atoms with Gasteiger partial charge in [-0.1, -0.05) is 30.3 Å². The molecular formula is C20H29ClN4O. The molecular weight excluding hydrogens is 348 g/mol. The van der Waals surface area contributed by atoms with Crippen LogP contribution in [0.25, 0.3) is 0 Å². The second-order valence-corrected chi connectivity index (χ2v) is 6.70. The van der Waals surface area contributed by atoms with Crippen LogP contribution in [0.3, 0.4) is 0 Å². The van der Waals surface area contributed by atoms with Gasteiger partial charge in [0.25, 0.3) is 5.91 Å². The molecule has 0 atom stereocenters. The molecule has 0 unspecified atom stereocenters. The predicted molar refractivity (Wildman–Crippen MR) is 108 cm³/mol. The second kappa shape index (κ2) is 9.76. The number of nitrogens with zero attached hydrogens (tertiary/aromatic N) is 2. The van der Waals surface area contributed by atoms with Crippen molar-refractivity contribution in [3.8, 4) is 0 Å². The molecule has 2 aromatic rings. The number of carbonyl (C=O) groups excluding carboxylic acids is 1. The van der Waals surface area contributed by atoms with Crippen LogP contribution in [0, 0.1) is 13.8 Å². The summed E-state index contributed by atoms with van der Waals surface area (Å²) < 4.78 is 2.21. The molecule has 6 heteroatoms. The highest BCUT2D eigenvalue weighted by Gasteiger charge is 2.16. The van der Waals surface area contributed by atoms with Crippen LogP contribution in [0.2, 0.25) is 0 Å². The molecule has 0 bridgehead atoms. The van der Waals surface area contributed by atoms with Crippen LogP contribution in [0.1, 0.15) is 27.3 Å². The van der Waals surface area contributed by atoms with Crippen LogP contribution in [0.5, 0.6) is 0 Å². The second-order valence-electron chi connectivity index (χ2n) is 6.70. The fourth-order valence-electron chi connectivity index (χ4n) is 3.40. The maximum absolute atomic E-state index is 12.6. The molecule has 1 aliphatic rings. The van der Waals surface area contributed by atoms with Crippen LogP contribution < -0.4 is 10.6 Å². The number of rotatable bonds is 6. The first-order chi connectivity index (χ1) is 12.1.